The minimum absolute atomic E-state index is 0.0858. The third kappa shape index (κ3) is 8.94. The molecule has 4 aromatic carbocycles. The second kappa shape index (κ2) is 15.6. The zero-order chi connectivity index (χ0) is 23.7. The van der Waals surface area contributed by atoms with Crippen molar-refractivity contribution in [2.24, 2.45) is 0 Å². The minimum atomic E-state index is 0.0858. The zero-order valence-electron chi connectivity index (χ0n) is 20.8. The van der Waals surface area contributed by atoms with Gasteiger partial charge in [-0.3, -0.25) is 0 Å². The molecule has 0 aliphatic carbocycles. The van der Waals surface area contributed by atoms with Gasteiger partial charge in [-0.15, -0.1) is 0 Å². The summed E-state index contributed by atoms with van der Waals surface area (Å²) in [6, 6.07) is 42.3. The molecule has 0 aromatic heterocycles. The van der Waals surface area contributed by atoms with E-state index in [9.17, 15) is 0 Å². The van der Waals surface area contributed by atoms with Crippen LogP contribution in [0.1, 0.15) is 63.8 Å². The molecule has 0 atom stereocenters. The van der Waals surface area contributed by atoms with Gasteiger partial charge in [-0.1, -0.05) is 163 Å². The maximum absolute atomic E-state index is 2.26. The lowest BCUT2D eigenvalue weighted by Gasteiger charge is -2.25. The lowest BCUT2D eigenvalue weighted by molar-refractivity contribution is 0.641. The summed E-state index contributed by atoms with van der Waals surface area (Å²) >= 11 is 0. The summed E-state index contributed by atoms with van der Waals surface area (Å²) in [7, 11) is 0. The third-order valence-corrected chi connectivity index (χ3v) is 5.08. The van der Waals surface area contributed by atoms with Crippen LogP contribution >= 0.6 is 0 Å². The van der Waals surface area contributed by atoms with Gasteiger partial charge in [0.2, 0.25) is 0 Å². The predicted molar refractivity (Wildman–Crippen MR) is 143 cm³/mol. The maximum atomic E-state index is 2.26. The van der Waals surface area contributed by atoms with E-state index in [4.69, 9.17) is 0 Å². The first-order valence-corrected chi connectivity index (χ1v) is 11.8. The van der Waals surface area contributed by atoms with Crippen molar-refractivity contribution in [1.82, 2.24) is 0 Å². The standard InChI is InChI=1S/C15H16.C13H12.2C2H6/c1-15(2,13-9-5-3-6-10-13)14-11-7-4-8-12-14;1-3-7-12(8-4-1)11-13-9-5-2-6-10-13;2*1-2/h3-12H,1-2H3;1-10H,11H2;2*1-2H3. The van der Waals surface area contributed by atoms with Crippen LogP contribution < -0.4 is 0 Å². The van der Waals surface area contributed by atoms with Crippen molar-refractivity contribution in [1.29, 1.82) is 0 Å². The van der Waals surface area contributed by atoms with Gasteiger partial charge in [-0.2, -0.15) is 0 Å². The predicted octanol–water partition coefficient (Wildman–Crippen LogP) is 9.34. The summed E-state index contributed by atoms with van der Waals surface area (Å²) in [5.74, 6) is 0. The molecule has 0 radical (unpaired) electrons. The third-order valence-electron chi connectivity index (χ3n) is 5.08. The molecule has 4 rings (SSSR count). The van der Waals surface area contributed by atoms with Crippen molar-refractivity contribution in [3.63, 3.8) is 0 Å². The molecule has 168 valence electrons. The molecule has 0 heteroatoms. The highest BCUT2D eigenvalue weighted by molar-refractivity contribution is 5.37. The number of hydrogen-bond acceptors (Lipinski definition) is 0. The average Bonchev–Trinajstić information content (AvgIpc) is 2.89. The number of benzene rings is 4. The second-order valence-electron chi connectivity index (χ2n) is 7.51. The Labute approximate surface area is 197 Å². The largest absolute Gasteiger partial charge is 0.0683 e. The van der Waals surface area contributed by atoms with E-state index in [2.05, 4.69) is 135 Å². The lowest BCUT2D eigenvalue weighted by Crippen LogP contribution is -2.18. The van der Waals surface area contributed by atoms with Gasteiger partial charge in [0, 0.05) is 5.41 Å². The molecule has 0 aliphatic rings. The average molecular weight is 425 g/mol. The van der Waals surface area contributed by atoms with Gasteiger partial charge in [0.1, 0.15) is 0 Å². The first kappa shape index (κ1) is 26.9. The molecule has 0 saturated heterocycles. The SMILES string of the molecule is CC.CC.CC(C)(c1ccccc1)c1ccccc1.c1ccc(Cc2ccccc2)cc1. The van der Waals surface area contributed by atoms with Gasteiger partial charge in [0.05, 0.1) is 0 Å². The van der Waals surface area contributed by atoms with E-state index in [1.807, 2.05) is 27.7 Å². The van der Waals surface area contributed by atoms with E-state index in [1.165, 1.54) is 22.3 Å². The van der Waals surface area contributed by atoms with Gasteiger partial charge in [0.25, 0.3) is 0 Å². The molecule has 0 aliphatic heterocycles. The minimum Gasteiger partial charge on any atom is -0.0683 e. The van der Waals surface area contributed by atoms with Crippen LogP contribution in [-0.4, -0.2) is 0 Å². The van der Waals surface area contributed by atoms with Crippen molar-refractivity contribution in [3.05, 3.63) is 144 Å². The molecule has 32 heavy (non-hydrogen) atoms. The first-order chi connectivity index (χ1) is 15.7. The highest BCUT2D eigenvalue weighted by Gasteiger charge is 2.21. The Morgan fingerprint density at radius 3 is 0.938 bits per heavy atom. The van der Waals surface area contributed by atoms with Crippen LogP contribution in [0.3, 0.4) is 0 Å². The Hall–Kier alpha value is -3.12. The van der Waals surface area contributed by atoms with Crippen LogP contribution in [0.15, 0.2) is 121 Å². The van der Waals surface area contributed by atoms with E-state index in [-0.39, 0.29) is 5.41 Å². The summed E-state index contributed by atoms with van der Waals surface area (Å²) in [6.07, 6.45) is 1.03. The molecule has 0 bridgehead atoms. The van der Waals surface area contributed by atoms with Gasteiger partial charge >= 0.3 is 0 Å². The fourth-order valence-electron chi connectivity index (χ4n) is 3.30. The normalized spacial score (nSPS) is 9.69. The summed E-state index contributed by atoms with van der Waals surface area (Å²) in [5.41, 5.74) is 5.54. The summed E-state index contributed by atoms with van der Waals surface area (Å²) in [4.78, 5) is 0. The summed E-state index contributed by atoms with van der Waals surface area (Å²) in [6.45, 7) is 12.5. The second-order valence-corrected chi connectivity index (χ2v) is 7.51. The Bertz CT molecular complexity index is 845. The topological polar surface area (TPSA) is 0 Å². The highest BCUT2D eigenvalue weighted by atomic mass is 14.2. The lowest BCUT2D eigenvalue weighted by atomic mass is 9.78. The van der Waals surface area contributed by atoms with E-state index in [0.29, 0.717) is 0 Å². The van der Waals surface area contributed by atoms with E-state index in [0.717, 1.165) is 6.42 Å². The molecule has 0 heterocycles. The smallest absolute Gasteiger partial charge is 0.0146 e. The van der Waals surface area contributed by atoms with Crippen LogP contribution in [0.4, 0.5) is 0 Å². The van der Waals surface area contributed by atoms with E-state index < -0.39 is 0 Å². The summed E-state index contributed by atoms with van der Waals surface area (Å²) < 4.78 is 0. The van der Waals surface area contributed by atoms with Crippen molar-refractivity contribution >= 4 is 0 Å². The Morgan fingerprint density at radius 2 is 0.656 bits per heavy atom. The molecule has 4 aromatic rings. The van der Waals surface area contributed by atoms with Gasteiger partial charge in [-0.05, 0) is 28.7 Å². The molecule has 0 saturated carbocycles. The molecule has 0 amide bonds. The van der Waals surface area contributed by atoms with Crippen molar-refractivity contribution in [3.8, 4) is 0 Å². The monoisotopic (exact) mass is 424 g/mol. The molecule has 0 spiro atoms. The van der Waals surface area contributed by atoms with Crippen molar-refractivity contribution < 1.29 is 0 Å². The molecular weight excluding hydrogens is 384 g/mol. The zero-order valence-corrected chi connectivity index (χ0v) is 20.8. The summed E-state index contributed by atoms with van der Waals surface area (Å²) in [5, 5.41) is 0. The van der Waals surface area contributed by atoms with Gasteiger partial charge in [-0.25, -0.2) is 0 Å². The number of rotatable bonds is 4. The van der Waals surface area contributed by atoms with Crippen molar-refractivity contribution in [2.75, 3.05) is 0 Å². The highest BCUT2D eigenvalue weighted by Crippen LogP contribution is 2.30. The van der Waals surface area contributed by atoms with Crippen LogP contribution in [0, 0.1) is 0 Å². The molecule has 0 nitrogen and oxygen atoms in total. The van der Waals surface area contributed by atoms with Gasteiger partial charge in [0.15, 0.2) is 0 Å². The van der Waals surface area contributed by atoms with Crippen LogP contribution in [-0.2, 0) is 11.8 Å². The maximum Gasteiger partial charge on any atom is 0.0146 e. The van der Waals surface area contributed by atoms with Crippen LogP contribution in [0.5, 0.6) is 0 Å². The van der Waals surface area contributed by atoms with Crippen LogP contribution in [0.2, 0.25) is 0 Å². The molecule has 0 unspecified atom stereocenters. The fourth-order valence-corrected chi connectivity index (χ4v) is 3.30. The van der Waals surface area contributed by atoms with Gasteiger partial charge < -0.3 is 0 Å². The molecule has 0 N–H and O–H groups in total. The quantitative estimate of drug-likeness (QED) is 0.306. The van der Waals surface area contributed by atoms with E-state index in [1.54, 1.807) is 0 Å². The fraction of sp³-hybridized carbons (Fsp3) is 0.250. The number of hydrogen-bond donors (Lipinski definition) is 0. The van der Waals surface area contributed by atoms with Crippen molar-refractivity contribution in [2.45, 2.75) is 53.4 Å². The Morgan fingerprint density at radius 1 is 0.406 bits per heavy atom. The Balaban J connectivity index is 0.000000279. The van der Waals surface area contributed by atoms with Crippen LogP contribution in [0.25, 0.3) is 0 Å². The first-order valence-electron chi connectivity index (χ1n) is 11.8. The molecular formula is C32H40. The Kier molecular flexibility index (Phi) is 13.2. The molecule has 0 fully saturated rings. The van der Waals surface area contributed by atoms with E-state index >= 15 is 0 Å².